The normalized spacial score (nSPS) is 10.5. The fraction of sp³-hybridized carbons (Fsp3) is 0.375. The van der Waals surface area contributed by atoms with E-state index < -0.39 is 0 Å². The van der Waals surface area contributed by atoms with Gasteiger partial charge >= 0.3 is 0 Å². The van der Waals surface area contributed by atoms with Crippen molar-refractivity contribution in [2.45, 2.75) is 33.4 Å². The number of aromatic nitrogens is 2. The Kier molecular flexibility index (Phi) is 5.50. The number of nitrogens with zero attached hydrogens (tertiary/aromatic N) is 2. The average molecular weight is 271 g/mol. The Morgan fingerprint density at radius 1 is 1.10 bits per heavy atom. The maximum atomic E-state index is 5.56. The molecule has 0 saturated carbocycles. The SMILES string of the molecule is CCCOc1ccc(CNCc2ccnc(C)n2)cc1. The Balaban J connectivity index is 1.79. The highest BCUT2D eigenvalue weighted by Gasteiger charge is 1.98. The van der Waals surface area contributed by atoms with Gasteiger partial charge in [-0.1, -0.05) is 19.1 Å². The lowest BCUT2D eigenvalue weighted by Gasteiger charge is -2.07. The quantitative estimate of drug-likeness (QED) is 0.841. The summed E-state index contributed by atoms with van der Waals surface area (Å²) in [5, 5.41) is 3.38. The van der Waals surface area contributed by atoms with E-state index in [0.717, 1.165) is 43.4 Å². The van der Waals surface area contributed by atoms with Crippen LogP contribution in [0.5, 0.6) is 5.75 Å². The molecule has 1 N–H and O–H groups in total. The van der Waals surface area contributed by atoms with Gasteiger partial charge in [0, 0.05) is 19.3 Å². The molecule has 0 aliphatic heterocycles. The van der Waals surface area contributed by atoms with Gasteiger partial charge in [-0.25, -0.2) is 9.97 Å². The van der Waals surface area contributed by atoms with E-state index in [0.29, 0.717) is 0 Å². The fourth-order valence-corrected chi connectivity index (χ4v) is 1.86. The predicted octanol–water partition coefficient (Wildman–Crippen LogP) is 2.86. The number of rotatable bonds is 7. The lowest BCUT2D eigenvalue weighted by atomic mass is 10.2. The predicted molar refractivity (Wildman–Crippen MR) is 79.5 cm³/mol. The summed E-state index contributed by atoms with van der Waals surface area (Å²) in [7, 11) is 0. The van der Waals surface area contributed by atoms with Gasteiger partial charge in [0.05, 0.1) is 12.3 Å². The van der Waals surface area contributed by atoms with Crippen molar-refractivity contribution in [3.8, 4) is 5.75 Å². The molecule has 0 fully saturated rings. The molecule has 20 heavy (non-hydrogen) atoms. The molecule has 0 radical (unpaired) electrons. The summed E-state index contributed by atoms with van der Waals surface area (Å²) in [6.07, 6.45) is 2.82. The standard InChI is InChI=1S/C16H21N3O/c1-3-10-20-16-6-4-14(5-7-16)11-17-12-15-8-9-18-13(2)19-15/h4-9,17H,3,10-12H2,1-2H3. The Morgan fingerprint density at radius 3 is 2.60 bits per heavy atom. The van der Waals surface area contributed by atoms with Crippen LogP contribution in [0.2, 0.25) is 0 Å². The molecule has 106 valence electrons. The van der Waals surface area contributed by atoms with Gasteiger partial charge in [0.25, 0.3) is 0 Å². The first kappa shape index (κ1) is 14.5. The summed E-state index contributed by atoms with van der Waals surface area (Å²) in [5.41, 5.74) is 2.25. The zero-order chi connectivity index (χ0) is 14.2. The van der Waals surface area contributed by atoms with Crippen molar-refractivity contribution in [2.75, 3.05) is 6.61 Å². The van der Waals surface area contributed by atoms with Gasteiger partial charge in [-0.2, -0.15) is 0 Å². The molecule has 0 bridgehead atoms. The second-order valence-corrected chi connectivity index (χ2v) is 4.69. The summed E-state index contributed by atoms with van der Waals surface area (Å²) < 4.78 is 5.56. The number of hydrogen-bond donors (Lipinski definition) is 1. The van der Waals surface area contributed by atoms with E-state index in [2.05, 4.69) is 34.3 Å². The van der Waals surface area contributed by atoms with E-state index >= 15 is 0 Å². The zero-order valence-corrected chi connectivity index (χ0v) is 12.1. The summed E-state index contributed by atoms with van der Waals surface area (Å²) in [6.45, 7) is 6.34. The van der Waals surface area contributed by atoms with Gasteiger partial charge in [-0.15, -0.1) is 0 Å². The molecule has 0 amide bonds. The van der Waals surface area contributed by atoms with Gasteiger partial charge in [-0.3, -0.25) is 0 Å². The van der Waals surface area contributed by atoms with E-state index in [1.54, 1.807) is 6.20 Å². The Bertz CT molecular complexity index is 526. The third-order valence-electron chi connectivity index (χ3n) is 2.87. The molecule has 0 unspecified atom stereocenters. The van der Waals surface area contributed by atoms with Crippen LogP contribution in [0, 0.1) is 6.92 Å². The molecule has 1 heterocycles. The molecule has 0 aliphatic rings. The Morgan fingerprint density at radius 2 is 1.90 bits per heavy atom. The second kappa shape index (κ2) is 7.60. The molecule has 4 heteroatoms. The van der Waals surface area contributed by atoms with Crippen molar-refractivity contribution in [2.24, 2.45) is 0 Å². The molecule has 1 aromatic heterocycles. The van der Waals surface area contributed by atoms with Crippen molar-refractivity contribution in [3.63, 3.8) is 0 Å². The largest absolute Gasteiger partial charge is 0.494 e. The van der Waals surface area contributed by atoms with Gasteiger partial charge < -0.3 is 10.1 Å². The van der Waals surface area contributed by atoms with Crippen molar-refractivity contribution in [1.82, 2.24) is 15.3 Å². The van der Waals surface area contributed by atoms with Gasteiger partial charge in [0.1, 0.15) is 11.6 Å². The average Bonchev–Trinajstić information content (AvgIpc) is 2.46. The van der Waals surface area contributed by atoms with E-state index in [-0.39, 0.29) is 0 Å². The maximum absolute atomic E-state index is 5.56. The van der Waals surface area contributed by atoms with Crippen LogP contribution >= 0.6 is 0 Å². The van der Waals surface area contributed by atoms with Crippen LogP contribution < -0.4 is 10.1 Å². The lowest BCUT2D eigenvalue weighted by Crippen LogP contribution is -2.14. The molecule has 2 aromatic rings. The van der Waals surface area contributed by atoms with Crippen LogP contribution in [0.1, 0.15) is 30.4 Å². The van der Waals surface area contributed by atoms with Gasteiger partial charge in [-0.05, 0) is 37.1 Å². The van der Waals surface area contributed by atoms with Crippen LogP contribution in [-0.2, 0) is 13.1 Å². The number of ether oxygens (including phenoxy) is 1. The van der Waals surface area contributed by atoms with Crippen molar-refractivity contribution in [1.29, 1.82) is 0 Å². The molecular weight excluding hydrogens is 250 g/mol. The lowest BCUT2D eigenvalue weighted by molar-refractivity contribution is 0.317. The minimum absolute atomic E-state index is 0.747. The van der Waals surface area contributed by atoms with Crippen molar-refractivity contribution < 1.29 is 4.74 Å². The summed E-state index contributed by atoms with van der Waals surface area (Å²) in [5.74, 6) is 1.74. The van der Waals surface area contributed by atoms with Crippen LogP contribution in [0.15, 0.2) is 36.5 Å². The maximum Gasteiger partial charge on any atom is 0.125 e. The summed E-state index contributed by atoms with van der Waals surface area (Å²) in [4.78, 5) is 8.45. The number of benzene rings is 1. The highest BCUT2D eigenvalue weighted by atomic mass is 16.5. The number of aryl methyl sites for hydroxylation is 1. The van der Waals surface area contributed by atoms with Gasteiger partial charge in [0.15, 0.2) is 0 Å². The minimum atomic E-state index is 0.747. The molecule has 4 nitrogen and oxygen atoms in total. The second-order valence-electron chi connectivity index (χ2n) is 4.69. The van der Waals surface area contributed by atoms with Crippen LogP contribution in [-0.4, -0.2) is 16.6 Å². The highest BCUT2D eigenvalue weighted by molar-refractivity contribution is 5.27. The third-order valence-corrected chi connectivity index (χ3v) is 2.87. The zero-order valence-electron chi connectivity index (χ0n) is 12.1. The van der Waals surface area contributed by atoms with Gasteiger partial charge in [0.2, 0.25) is 0 Å². The minimum Gasteiger partial charge on any atom is -0.494 e. The smallest absolute Gasteiger partial charge is 0.125 e. The molecule has 0 saturated heterocycles. The fourth-order valence-electron chi connectivity index (χ4n) is 1.86. The molecular formula is C16H21N3O. The topological polar surface area (TPSA) is 47.0 Å². The van der Waals surface area contributed by atoms with E-state index in [1.807, 2.05) is 25.1 Å². The monoisotopic (exact) mass is 271 g/mol. The molecule has 2 rings (SSSR count). The van der Waals surface area contributed by atoms with Crippen molar-refractivity contribution >= 4 is 0 Å². The van der Waals surface area contributed by atoms with E-state index in [9.17, 15) is 0 Å². The first-order valence-corrected chi connectivity index (χ1v) is 6.99. The first-order chi connectivity index (χ1) is 9.78. The molecule has 0 aliphatic carbocycles. The molecule has 0 atom stereocenters. The Hall–Kier alpha value is -1.94. The molecule has 1 aromatic carbocycles. The van der Waals surface area contributed by atoms with E-state index in [1.165, 1.54) is 5.56 Å². The third kappa shape index (κ3) is 4.63. The summed E-state index contributed by atoms with van der Waals surface area (Å²) >= 11 is 0. The summed E-state index contributed by atoms with van der Waals surface area (Å²) in [6, 6.07) is 10.1. The van der Waals surface area contributed by atoms with Crippen LogP contribution in [0.3, 0.4) is 0 Å². The van der Waals surface area contributed by atoms with Crippen LogP contribution in [0.4, 0.5) is 0 Å². The molecule has 0 spiro atoms. The Labute approximate surface area is 120 Å². The number of hydrogen-bond acceptors (Lipinski definition) is 4. The number of nitrogens with one attached hydrogen (secondary N) is 1. The van der Waals surface area contributed by atoms with Crippen LogP contribution in [0.25, 0.3) is 0 Å². The first-order valence-electron chi connectivity index (χ1n) is 6.99. The van der Waals surface area contributed by atoms with E-state index in [4.69, 9.17) is 4.74 Å². The highest BCUT2D eigenvalue weighted by Crippen LogP contribution is 2.12. The van der Waals surface area contributed by atoms with Crippen molar-refractivity contribution in [3.05, 3.63) is 53.6 Å².